The lowest BCUT2D eigenvalue weighted by Gasteiger charge is -2.28. The molecule has 0 radical (unpaired) electrons. The van der Waals surface area contributed by atoms with E-state index < -0.39 is 17.6 Å². The fourth-order valence-electron chi connectivity index (χ4n) is 2.59. The highest BCUT2D eigenvalue weighted by Gasteiger charge is 2.33. The molecule has 24 heavy (non-hydrogen) atoms. The Morgan fingerprint density at radius 3 is 2.75 bits per heavy atom. The van der Waals surface area contributed by atoms with Gasteiger partial charge in [-0.25, -0.2) is 9.97 Å². The molecule has 2 aromatic rings. The van der Waals surface area contributed by atoms with Gasteiger partial charge in [-0.2, -0.15) is 13.2 Å². The molecule has 3 rings (SSSR count). The highest BCUT2D eigenvalue weighted by molar-refractivity contribution is 6.33. The van der Waals surface area contributed by atoms with Crippen LogP contribution in [0.15, 0.2) is 24.5 Å². The first-order chi connectivity index (χ1) is 11.3. The van der Waals surface area contributed by atoms with Gasteiger partial charge in [0.1, 0.15) is 12.1 Å². The molecule has 1 amide bonds. The monoisotopic (exact) mass is 356 g/mol. The number of nitrogens with two attached hydrogens (primary N) is 1. The molecular formula is C15H12ClF3N4O. The van der Waals surface area contributed by atoms with E-state index in [4.69, 9.17) is 17.3 Å². The van der Waals surface area contributed by atoms with Crippen LogP contribution in [-0.2, 0) is 19.1 Å². The molecule has 1 aliphatic rings. The first kappa shape index (κ1) is 16.5. The summed E-state index contributed by atoms with van der Waals surface area (Å²) in [6.45, 7) is 0.448. The number of anilines is 1. The van der Waals surface area contributed by atoms with Gasteiger partial charge in [0.25, 0.3) is 5.91 Å². The molecule has 0 unspecified atom stereocenters. The van der Waals surface area contributed by atoms with E-state index in [2.05, 4.69) is 9.97 Å². The molecule has 0 fully saturated rings. The third kappa shape index (κ3) is 3.01. The number of carbonyl (C=O) groups is 1. The van der Waals surface area contributed by atoms with Crippen molar-refractivity contribution in [2.75, 3.05) is 12.3 Å². The van der Waals surface area contributed by atoms with Gasteiger partial charge >= 0.3 is 6.18 Å². The van der Waals surface area contributed by atoms with Gasteiger partial charge in [-0.05, 0) is 24.6 Å². The number of hydrogen-bond acceptors (Lipinski definition) is 4. The Labute approximate surface area is 140 Å². The number of benzene rings is 1. The first-order valence-corrected chi connectivity index (χ1v) is 7.39. The van der Waals surface area contributed by atoms with Crippen LogP contribution < -0.4 is 5.73 Å². The van der Waals surface area contributed by atoms with Crippen LogP contribution >= 0.6 is 11.6 Å². The molecule has 1 aromatic carbocycles. The Hall–Kier alpha value is -2.35. The van der Waals surface area contributed by atoms with Crippen LogP contribution in [0.3, 0.4) is 0 Å². The highest BCUT2D eigenvalue weighted by atomic mass is 35.5. The second-order valence-corrected chi connectivity index (χ2v) is 5.76. The summed E-state index contributed by atoms with van der Waals surface area (Å²) in [4.78, 5) is 22.0. The number of nitrogens with zero attached hydrogens (tertiary/aromatic N) is 3. The predicted octanol–water partition coefficient (Wildman–Crippen LogP) is 2.93. The minimum Gasteiger partial charge on any atom is -0.383 e. The molecule has 0 atom stereocenters. The fraction of sp³-hybridized carbons (Fsp3) is 0.267. The zero-order chi connectivity index (χ0) is 17.5. The van der Waals surface area contributed by atoms with Crippen LogP contribution in [0.5, 0.6) is 0 Å². The number of nitrogen functional groups attached to an aromatic ring is 1. The van der Waals surface area contributed by atoms with Crippen molar-refractivity contribution in [3.8, 4) is 0 Å². The molecule has 0 aliphatic carbocycles. The Bertz CT molecular complexity index is 810. The summed E-state index contributed by atoms with van der Waals surface area (Å²) in [6.07, 6.45) is -2.82. The Balaban J connectivity index is 1.91. The van der Waals surface area contributed by atoms with E-state index >= 15 is 0 Å². The summed E-state index contributed by atoms with van der Waals surface area (Å²) in [6, 6.07) is 2.70. The van der Waals surface area contributed by atoms with Crippen LogP contribution in [0.4, 0.5) is 19.0 Å². The van der Waals surface area contributed by atoms with Gasteiger partial charge in [0.15, 0.2) is 0 Å². The number of hydrogen-bond donors (Lipinski definition) is 1. The molecule has 5 nitrogen and oxygen atoms in total. The number of carbonyl (C=O) groups excluding carboxylic acids is 1. The van der Waals surface area contributed by atoms with Crippen LogP contribution in [0.1, 0.15) is 27.2 Å². The second-order valence-electron chi connectivity index (χ2n) is 5.35. The molecule has 0 saturated heterocycles. The minimum absolute atomic E-state index is 0.0269. The van der Waals surface area contributed by atoms with Crippen molar-refractivity contribution < 1.29 is 18.0 Å². The van der Waals surface area contributed by atoms with Crippen LogP contribution in [-0.4, -0.2) is 27.3 Å². The van der Waals surface area contributed by atoms with E-state index in [1.807, 2.05) is 0 Å². The van der Waals surface area contributed by atoms with Gasteiger partial charge in [0.2, 0.25) is 0 Å². The van der Waals surface area contributed by atoms with Gasteiger partial charge in [0.05, 0.1) is 28.4 Å². The van der Waals surface area contributed by atoms with Gasteiger partial charge < -0.3 is 10.6 Å². The highest BCUT2D eigenvalue weighted by Crippen LogP contribution is 2.32. The lowest BCUT2D eigenvalue weighted by atomic mass is 10.0. The smallest absolute Gasteiger partial charge is 0.383 e. The summed E-state index contributed by atoms with van der Waals surface area (Å²) >= 11 is 5.93. The molecule has 2 heterocycles. The van der Waals surface area contributed by atoms with Crippen molar-refractivity contribution in [3.63, 3.8) is 0 Å². The quantitative estimate of drug-likeness (QED) is 0.852. The van der Waals surface area contributed by atoms with Gasteiger partial charge in [-0.15, -0.1) is 0 Å². The number of fused-ring (bicyclic) bond motifs is 1. The normalized spacial score (nSPS) is 14.4. The Morgan fingerprint density at radius 1 is 1.29 bits per heavy atom. The number of halogens is 4. The number of amides is 1. The molecule has 0 spiro atoms. The van der Waals surface area contributed by atoms with Crippen LogP contribution in [0.2, 0.25) is 5.02 Å². The van der Waals surface area contributed by atoms with Gasteiger partial charge in [-0.1, -0.05) is 11.6 Å². The Kier molecular flexibility index (Phi) is 4.08. The lowest BCUT2D eigenvalue weighted by Crippen LogP contribution is -2.37. The zero-order valence-electron chi connectivity index (χ0n) is 12.3. The van der Waals surface area contributed by atoms with Crippen molar-refractivity contribution in [3.05, 3.63) is 51.9 Å². The molecule has 0 saturated carbocycles. The van der Waals surface area contributed by atoms with E-state index in [9.17, 15) is 18.0 Å². The predicted molar refractivity (Wildman–Crippen MR) is 81.3 cm³/mol. The average Bonchev–Trinajstić information content (AvgIpc) is 2.53. The van der Waals surface area contributed by atoms with Crippen LogP contribution in [0.25, 0.3) is 0 Å². The maximum absolute atomic E-state index is 12.8. The summed E-state index contributed by atoms with van der Waals surface area (Å²) in [7, 11) is 0. The van der Waals surface area contributed by atoms with E-state index in [1.54, 1.807) is 0 Å². The molecule has 1 aliphatic heterocycles. The van der Waals surface area contributed by atoms with E-state index in [1.165, 1.54) is 11.2 Å². The molecule has 9 heteroatoms. The third-order valence-corrected chi connectivity index (χ3v) is 4.18. The summed E-state index contributed by atoms with van der Waals surface area (Å²) in [5, 5.41) is -0.0269. The van der Waals surface area contributed by atoms with Crippen molar-refractivity contribution in [1.82, 2.24) is 14.9 Å². The first-order valence-electron chi connectivity index (χ1n) is 7.01. The number of rotatable bonds is 1. The average molecular weight is 357 g/mol. The number of aromatic nitrogens is 2. The zero-order valence-corrected chi connectivity index (χ0v) is 13.0. The standard InChI is InChI=1S/C15H12ClF3N4O/c16-11-2-1-8(15(17,18)19)5-10(11)14(24)23-4-3-9-12(6-23)21-7-22-13(9)20/h1-2,5,7H,3-4,6H2,(H2,20,21,22). The maximum Gasteiger partial charge on any atom is 0.416 e. The lowest BCUT2D eigenvalue weighted by molar-refractivity contribution is -0.137. The number of alkyl halides is 3. The molecule has 126 valence electrons. The molecule has 2 N–H and O–H groups in total. The summed E-state index contributed by atoms with van der Waals surface area (Å²) in [5.74, 6) is -0.224. The second kappa shape index (κ2) is 5.94. The van der Waals surface area contributed by atoms with Crippen LogP contribution in [0, 0.1) is 0 Å². The SMILES string of the molecule is Nc1ncnc2c1CCN(C(=O)c1cc(C(F)(F)F)ccc1Cl)C2. The largest absolute Gasteiger partial charge is 0.416 e. The van der Waals surface area contributed by atoms with E-state index in [0.717, 1.165) is 23.8 Å². The fourth-order valence-corrected chi connectivity index (χ4v) is 2.79. The summed E-state index contributed by atoms with van der Waals surface area (Å²) in [5.41, 5.74) is 6.01. The van der Waals surface area contributed by atoms with Crippen molar-refractivity contribution >= 4 is 23.3 Å². The topological polar surface area (TPSA) is 72.1 Å². The van der Waals surface area contributed by atoms with Crippen molar-refractivity contribution in [1.29, 1.82) is 0 Å². The van der Waals surface area contributed by atoms with Gasteiger partial charge in [0, 0.05) is 12.1 Å². The Morgan fingerprint density at radius 2 is 2.04 bits per heavy atom. The maximum atomic E-state index is 12.8. The van der Waals surface area contributed by atoms with E-state index in [0.29, 0.717) is 24.5 Å². The van der Waals surface area contributed by atoms with Crippen molar-refractivity contribution in [2.45, 2.75) is 19.1 Å². The van der Waals surface area contributed by atoms with Gasteiger partial charge in [-0.3, -0.25) is 4.79 Å². The van der Waals surface area contributed by atoms with Crippen molar-refractivity contribution in [2.24, 2.45) is 0 Å². The summed E-state index contributed by atoms with van der Waals surface area (Å²) < 4.78 is 38.5. The molecule has 1 aromatic heterocycles. The third-order valence-electron chi connectivity index (χ3n) is 3.85. The molecule has 0 bridgehead atoms. The molecular weight excluding hydrogens is 345 g/mol. The minimum atomic E-state index is -4.55. The van der Waals surface area contributed by atoms with E-state index in [-0.39, 0.29) is 17.1 Å².